The molecule has 0 saturated carbocycles. The van der Waals surface area contributed by atoms with E-state index in [1.165, 1.54) is 48.7 Å². The third-order valence-corrected chi connectivity index (χ3v) is 7.12. The maximum atomic E-state index is 12.9. The Balaban J connectivity index is 1.27. The highest BCUT2D eigenvalue weighted by molar-refractivity contribution is 6.31. The highest BCUT2D eigenvalue weighted by Crippen LogP contribution is 2.26. The van der Waals surface area contributed by atoms with Gasteiger partial charge < -0.3 is 14.2 Å². The van der Waals surface area contributed by atoms with Crippen molar-refractivity contribution in [1.29, 1.82) is 0 Å². The minimum atomic E-state index is -0.685. The number of halogens is 3. The van der Waals surface area contributed by atoms with E-state index in [0.717, 1.165) is 5.56 Å². The van der Waals surface area contributed by atoms with Crippen molar-refractivity contribution in [3.05, 3.63) is 158 Å². The Kier molecular flexibility index (Phi) is 10.7. The van der Waals surface area contributed by atoms with E-state index in [-0.39, 0.29) is 22.6 Å². The lowest BCUT2D eigenvalue weighted by molar-refractivity contribution is 0.0732. The molecule has 0 aromatic heterocycles. The summed E-state index contributed by atoms with van der Waals surface area (Å²) >= 11 is 17.8. The number of amides is 1. The molecule has 11 heteroatoms. The fraction of sp³-hybridized carbons (Fsp3) is 0.0286. The lowest BCUT2D eigenvalue weighted by atomic mass is 10.2. The largest absolute Gasteiger partial charge is 0.489 e. The van der Waals surface area contributed by atoms with Crippen LogP contribution >= 0.6 is 34.8 Å². The van der Waals surface area contributed by atoms with Gasteiger partial charge >= 0.3 is 11.9 Å². The molecule has 8 nitrogen and oxygen atoms in total. The number of esters is 2. The molecular weight excluding hydrogens is 651 g/mol. The van der Waals surface area contributed by atoms with Gasteiger partial charge in [-0.2, -0.15) is 5.10 Å². The Morgan fingerprint density at radius 1 is 0.609 bits per heavy atom. The Hall–Kier alpha value is -5.15. The summed E-state index contributed by atoms with van der Waals surface area (Å²) in [5.74, 6) is -1.08. The lowest BCUT2D eigenvalue weighted by Crippen LogP contribution is -2.17. The van der Waals surface area contributed by atoms with E-state index in [1.54, 1.807) is 60.7 Å². The second-order valence-corrected chi connectivity index (χ2v) is 10.9. The van der Waals surface area contributed by atoms with Crippen LogP contribution in [-0.4, -0.2) is 24.1 Å². The van der Waals surface area contributed by atoms with Crippen LogP contribution in [-0.2, 0) is 6.61 Å². The van der Waals surface area contributed by atoms with E-state index in [1.807, 2.05) is 12.1 Å². The van der Waals surface area contributed by atoms with Gasteiger partial charge in [0.25, 0.3) is 5.91 Å². The number of rotatable bonds is 10. The highest BCUT2D eigenvalue weighted by atomic mass is 35.5. The van der Waals surface area contributed by atoms with E-state index in [4.69, 9.17) is 49.0 Å². The molecule has 5 rings (SSSR count). The molecule has 46 heavy (non-hydrogen) atoms. The minimum Gasteiger partial charge on any atom is -0.489 e. The fourth-order valence-corrected chi connectivity index (χ4v) is 4.32. The minimum absolute atomic E-state index is 0.0292. The number of carbonyl (C=O) groups is 3. The molecule has 0 fully saturated rings. The third-order valence-electron chi connectivity index (χ3n) is 6.36. The number of benzene rings is 5. The van der Waals surface area contributed by atoms with Crippen LogP contribution in [0.15, 0.2) is 120 Å². The van der Waals surface area contributed by atoms with Crippen LogP contribution in [0, 0.1) is 0 Å². The molecule has 0 heterocycles. The Bertz CT molecular complexity index is 1880. The zero-order valence-corrected chi connectivity index (χ0v) is 26.1. The average Bonchev–Trinajstić information content (AvgIpc) is 3.06. The van der Waals surface area contributed by atoms with Crippen molar-refractivity contribution in [2.75, 3.05) is 0 Å². The smallest absolute Gasteiger partial charge is 0.343 e. The molecule has 0 unspecified atom stereocenters. The molecule has 5 aromatic rings. The lowest BCUT2D eigenvalue weighted by Gasteiger charge is -2.11. The van der Waals surface area contributed by atoms with Crippen molar-refractivity contribution in [3.63, 3.8) is 0 Å². The van der Waals surface area contributed by atoms with Crippen molar-refractivity contribution in [1.82, 2.24) is 5.43 Å². The van der Waals surface area contributed by atoms with Crippen LogP contribution in [0.1, 0.15) is 42.2 Å². The van der Waals surface area contributed by atoms with E-state index in [9.17, 15) is 14.4 Å². The van der Waals surface area contributed by atoms with E-state index < -0.39 is 17.8 Å². The first-order chi connectivity index (χ1) is 22.2. The summed E-state index contributed by atoms with van der Waals surface area (Å²) in [6, 6.07) is 30.6. The van der Waals surface area contributed by atoms with Gasteiger partial charge in [0, 0.05) is 32.3 Å². The number of hydrogen-bond donors (Lipinski definition) is 1. The summed E-state index contributed by atoms with van der Waals surface area (Å²) in [4.78, 5) is 38.2. The van der Waals surface area contributed by atoms with Crippen molar-refractivity contribution in [2.24, 2.45) is 5.10 Å². The van der Waals surface area contributed by atoms with Crippen molar-refractivity contribution >= 4 is 58.9 Å². The first-order valence-corrected chi connectivity index (χ1v) is 14.8. The molecule has 1 amide bonds. The van der Waals surface area contributed by atoms with Crippen molar-refractivity contribution in [2.45, 2.75) is 6.61 Å². The van der Waals surface area contributed by atoms with Gasteiger partial charge in [0.15, 0.2) is 0 Å². The first-order valence-electron chi connectivity index (χ1n) is 13.6. The number of ether oxygens (including phenoxy) is 3. The van der Waals surface area contributed by atoms with Gasteiger partial charge in [-0.15, -0.1) is 0 Å². The summed E-state index contributed by atoms with van der Waals surface area (Å²) in [7, 11) is 0. The maximum absolute atomic E-state index is 12.9. The number of nitrogens with one attached hydrogen (secondary N) is 1. The molecule has 0 radical (unpaired) electrons. The monoisotopic (exact) mass is 672 g/mol. The second kappa shape index (κ2) is 15.2. The van der Waals surface area contributed by atoms with E-state index in [0.29, 0.717) is 38.6 Å². The molecule has 230 valence electrons. The van der Waals surface area contributed by atoms with E-state index in [2.05, 4.69) is 10.5 Å². The van der Waals surface area contributed by atoms with Gasteiger partial charge in [-0.05, 0) is 103 Å². The molecule has 1 N–H and O–H groups in total. The first kappa shape index (κ1) is 32.2. The maximum Gasteiger partial charge on any atom is 0.343 e. The van der Waals surface area contributed by atoms with Gasteiger partial charge in [0.2, 0.25) is 0 Å². The number of carbonyl (C=O) groups excluding carboxylic acids is 3. The van der Waals surface area contributed by atoms with Crippen LogP contribution in [0.25, 0.3) is 0 Å². The normalized spacial score (nSPS) is 10.8. The predicted octanol–water partition coefficient (Wildman–Crippen LogP) is 8.43. The fourth-order valence-electron chi connectivity index (χ4n) is 3.94. The second-order valence-electron chi connectivity index (χ2n) is 9.63. The van der Waals surface area contributed by atoms with Gasteiger partial charge in [-0.3, -0.25) is 4.79 Å². The van der Waals surface area contributed by atoms with Gasteiger partial charge in [-0.25, -0.2) is 15.0 Å². The molecule has 0 aliphatic carbocycles. The van der Waals surface area contributed by atoms with E-state index >= 15 is 0 Å². The number of hydrogen-bond acceptors (Lipinski definition) is 7. The quantitative estimate of drug-likeness (QED) is 0.0691. The summed E-state index contributed by atoms with van der Waals surface area (Å²) < 4.78 is 16.9. The van der Waals surface area contributed by atoms with Crippen LogP contribution < -0.4 is 19.6 Å². The van der Waals surface area contributed by atoms with Crippen LogP contribution in [0.3, 0.4) is 0 Å². The SMILES string of the molecule is O=C(N/N=C/c1ccc(OC(=O)c2ccc(Cl)cc2)cc1OC(=O)c1ccc(Cl)cc1)c1ccc(OCc2ccc(Cl)cc2)cc1. The predicted molar refractivity (Wildman–Crippen MR) is 177 cm³/mol. The van der Waals surface area contributed by atoms with Crippen LogP contribution in [0.2, 0.25) is 15.1 Å². The zero-order valence-electron chi connectivity index (χ0n) is 23.8. The molecule has 0 aliphatic heterocycles. The zero-order chi connectivity index (χ0) is 32.5. The highest BCUT2D eigenvalue weighted by Gasteiger charge is 2.15. The molecule has 0 saturated heterocycles. The molecule has 0 spiro atoms. The molecule has 0 atom stereocenters. The molecule has 0 aliphatic rings. The van der Waals surface area contributed by atoms with Gasteiger partial charge in [-0.1, -0.05) is 46.9 Å². The summed E-state index contributed by atoms with van der Waals surface area (Å²) in [6.45, 7) is 0.344. The average molecular weight is 674 g/mol. The van der Waals surface area contributed by atoms with Crippen LogP contribution in [0.5, 0.6) is 17.2 Å². The van der Waals surface area contributed by atoms with Crippen molar-refractivity contribution in [3.8, 4) is 17.2 Å². The standard InChI is InChI=1S/C35H23Cl3N2O6/c36-27-10-1-22(2-11-27)21-44-30-16-7-23(8-17-30)33(41)40-39-20-26-9-18-31(45-34(42)24-3-12-28(37)13-4-24)19-32(26)46-35(43)25-5-14-29(38)15-6-25/h1-20H,21H2,(H,40,41)/b39-20+. The third kappa shape index (κ3) is 8.95. The summed E-state index contributed by atoms with van der Waals surface area (Å²) in [5, 5.41) is 5.60. The van der Waals surface area contributed by atoms with Gasteiger partial charge in [0.05, 0.1) is 17.3 Å². The molecule has 0 bridgehead atoms. The topological polar surface area (TPSA) is 103 Å². The Morgan fingerprint density at radius 2 is 1.11 bits per heavy atom. The Labute approximate surface area is 279 Å². The number of nitrogens with zero attached hydrogens (tertiary/aromatic N) is 1. The Morgan fingerprint density at radius 3 is 1.70 bits per heavy atom. The van der Waals surface area contributed by atoms with Gasteiger partial charge in [0.1, 0.15) is 23.9 Å². The summed E-state index contributed by atoms with van der Waals surface area (Å²) in [5.41, 5.74) is 4.58. The van der Waals surface area contributed by atoms with Crippen LogP contribution in [0.4, 0.5) is 0 Å². The number of hydrazone groups is 1. The summed E-state index contributed by atoms with van der Waals surface area (Å²) in [6.07, 6.45) is 1.30. The van der Waals surface area contributed by atoms with Crippen molar-refractivity contribution < 1.29 is 28.6 Å². The molecular formula is C35H23Cl3N2O6. The molecule has 5 aromatic carbocycles.